The van der Waals surface area contributed by atoms with Gasteiger partial charge in [0.05, 0.1) is 24.2 Å². The van der Waals surface area contributed by atoms with Gasteiger partial charge in [-0.2, -0.15) is 8.42 Å². The molecule has 2 aliphatic rings. The van der Waals surface area contributed by atoms with E-state index in [1.807, 2.05) is 0 Å². The Morgan fingerprint density at radius 1 is 1.14 bits per heavy atom. The van der Waals surface area contributed by atoms with Gasteiger partial charge < -0.3 is 20.3 Å². The van der Waals surface area contributed by atoms with Gasteiger partial charge in [-0.1, -0.05) is 18.2 Å². The third-order valence-electron chi connectivity index (χ3n) is 5.12. The van der Waals surface area contributed by atoms with Gasteiger partial charge in [0.15, 0.2) is 0 Å². The normalized spacial score (nSPS) is 19.5. The number of ether oxygens (including phenoxy) is 1. The summed E-state index contributed by atoms with van der Waals surface area (Å²) in [6, 6.07) is 4.24. The van der Waals surface area contributed by atoms with Crippen molar-refractivity contribution >= 4 is 51.6 Å². The lowest BCUT2D eigenvalue weighted by molar-refractivity contribution is -0.151. The number of hydrogen-bond acceptors (Lipinski definition) is 9. The van der Waals surface area contributed by atoms with Crippen LogP contribution in [-0.2, 0) is 45.2 Å². The molecule has 0 spiro atoms. The molecule has 2 aliphatic heterocycles. The third-order valence-corrected chi connectivity index (χ3v) is 7.41. The zero-order chi connectivity index (χ0) is 25.9. The first kappa shape index (κ1) is 26.2. The fraction of sp³-hybridized carbons (Fsp3) is 0.350. The van der Waals surface area contributed by atoms with E-state index < -0.39 is 82.0 Å². The average Bonchev–Trinajstić information content (AvgIpc) is 2.78. The summed E-state index contributed by atoms with van der Waals surface area (Å²) < 4.78 is 37.2. The Hall–Kier alpha value is -3.43. The van der Waals surface area contributed by atoms with Crippen molar-refractivity contribution < 1.29 is 51.9 Å². The Kier molecular flexibility index (Phi) is 7.82. The number of amides is 2. The number of aliphatic carboxylic acids is 2. The smallest absolute Gasteiger partial charge is 0.352 e. The highest BCUT2D eigenvalue weighted by atomic mass is 32.2. The predicted molar refractivity (Wildman–Crippen MR) is 117 cm³/mol. The van der Waals surface area contributed by atoms with Crippen molar-refractivity contribution in [3.63, 3.8) is 0 Å². The fourth-order valence-electron chi connectivity index (χ4n) is 3.54. The average molecular weight is 529 g/mol. The number of nitrogens with one attached hydrogen (secondary N) is 1. The van der Waals surface area contributed by atoms with Crippen LogP contribution in [0.25, 0.3) is 0 Å². The first-order valence-corrected chi connectivity index (χ1v) is 12.5. The molecule has 1 aromatic carbocycles. The number of nitrogens with zero attached hydrogens (tertiary/aromatic N) is 1. The van der Waals surface area contributed by atoms with Gasteiger partial charge in [0, 0.05) is 11.3 Å². The molecule has 0 saturated carbocycles. The van der Waals surface area contributed by atoms with E-state index in [2.05, 4.69) is 5.32 Å². The maximum atomic E-state index is 12.7. The lowest BCUT2D eigenvalue weighted by Crippen LogP contribution is -2.70. The number of β-lactam (4-membered cyclic amide) rings is 1. The minimum absolute atomic E-state index is 0.0190. The van der Waals surface area contributed by atoms with Crippen LogP contribution in [0.4, 0.5) is 0 Å². The highest BCUT2D eigenvalue weighted by molar-refractivity contribution is 8.00. The Labute approximate surface area is 202 Å². The number of fused-ring (bicyclic) bond motifs is 1. The number of carbonyl (C=O) groups is 5. The molecule has 13 nitrogen and oxygen atoms in total. The van der Waals surface area contributed by atoms with Crippen LogP contribution >= 0.6 is 11.8 Å². The molecule has 1 saturated heterocycles. The van der Waals surface area contributed by atoms with Crippen LogP contribution in [0.1, 0.15) is 18.4 Å². The Morgan fingerprint density at radius 2 is 1.83 bits per heavy atom. The highest BCUT2D eigenvalue weighted by Crippen LogP contribution is 2.40. The summed E-state index contributed by atoms with van der Waals surface area (Å²) in [5.74, 6) is -4.82. The summed E-state index contributed by atoms with van der Waals surface area (Å²) in [6.45, 7) is -0.437. The number of benzene rings is 1. The molecule has 15 heteroatoms. The molecule has 0 aliphatic carbocycles. The van der Waals surface area contributed by atoms with Crippen LogP contribution in [0.2, 0.25) is 0 Å². The van der Waals surface area contributed by atoms with Crippen LogP contribution in [-0.4, -0.2) is 81.6 Å². The van der Waals surface area contributed by atoms with Gasteiger partial charge in [-0.05, 0) is 11.6 Å². The first-order valence-electron chi connectivity index (χ1n) is 10.0. The number of rotatable bonds is 10. The van der Waals surface area contributed by atoms with Crippen molar-refractivity contribution in [1.82, 2.24) is 10.2 Å². The van der Waals surface area contributed by atoms with Gasteiger partial charge in [0.25, 0.3) is 16.0 Å². The molecule has 2 amide bonds. The second-order valence-electron chi connectivity index (χ2n) is 7.53. The van der Waals surface area contributed by atoms with E-state index in [0.717, 1.165) is 22.7 Å². The van der Waals surface area contributed by atoms with Crippen LogP contribution in [0.5, 0.6) is 0 Å². The van der Waals surface area contributed by atoms with E-state index in [1.165, 1.54) is 18.2 Å². The molecule has 4 N–H and O–H groups in total. The molecular weight excluding hydrogens is 508 g/mol. The largest absolute Gasteiger partial charge is 0.481 e. The minimum Gasteiger partial charge on any atom is -0.481 e. The Bertz CT molecular complexity index is 1230. The third kappa shape index (κ3) is 5.98. The molecule has 35 heavy (non-hydrogen) atoms. The maximum absolute atomic E-state index is 12.7. The molecule has 0 bridgehead atoms. The van der Waals surface area contributed by atoms with Crippen molar-refractivity contribution in [3.8, 4) is 0 Å². The fourth-order valence-corrected chi connectivity index (χ4v) is 5.59. The number of carboxylic acid groups (broad SMARTS) is 2. The molecule has 1 aromatic rings. The summed E-state index contributed by atoms with van der Waals surface area (Å²) in [4.78, 5) is 59.7. The molecular formula is C20H20N2O11S2. The number of carboxylic acids is 2. The zero-order valence-electron chi connectivity index (χ0n) is 17.9. The molecule has 188 valence electrons. The van der Waals surface area contributed by atoms with Crippen LogP contribution in [0, 0.1) is 0 Å². The van der Waals surface area contributed by atoms with Gasteiger partial charge in [-0.15, -0.1) is 11.8 Å². The lowest BCUT2D eigenvalue weighted by atomic mass is 10.0. The van der Waals surface area contributed by atoms with E-state index in [-0.39, 0.29) is 22.6 Å². The van der Waals surface area contributed by atoms with E-state index >= 15 is 0 Å². The number of hydrogen-bond donors (Lipinski definition) is 4. The van der Waals surface area contributed by atoms with E-state index in [9.17, 15) is 42.0 Å². The zero-order valence-corrected chi connectivity index (χ0v) is 19.5. The van der Waals surface area contributed by atoms with Crippen LogP contribution < -0.4 is 5.32 Å². The quantitative estimate of drug-likeness (QED) is 0.174. The highest BCUT2D eigenvalue weighted by Gasteiger charge is 2.54. The Balaban J connectivity index is 1.67. The van der Waals surface area contributed by atoms with Crippen molar-refractivity contribution in [2.24, 2.45) is 0 Å². The molecule has 2 atom stereocenters. The van der Waals surface area contributed by atoms with Crippen molar-refractivity contribution in [3.05, 3.63) is 41.1 Å². The monoisotopic (exact) mass is 528 g/mol. The summed E-state index contributed by atoms with van der Waals surface area (Å²) >= 11 is 1.13. The molecule has 2 heterocycles. The van der Waals surface area contributed by atoms with E-state index in [1.54, 1.807) is 0 Å². The van der Waals surface area contributed by atoms with Crippen molar-refractivity contribution in [2.75, 3.05) is 12.4 Å². The van der Waals surface area contributed by atoms with Gasteiger partial charge in [-0.25, -0.2) is 4.79 Å². The number of carbonyl (C=O) groups excluding carboxylic acids is 3. The van der Waals surface area contributed by atoms with Crippen molar-refractivity contribution in [2.45, 2.75) is 35.6 Å². The van der Waals surface area contributed by atoms with Crippen molar-refractivity contribution in [1.29, 1.82) is 0 Å². The summed E-state index contributed by atoms with van der Waals surface area (Å²) in [5, 5.41) is 19.9. The summed E-state index contributed by atoms with van der Waals surface area (Å²) in [7, 11) is -4.57. The van der Waals surface area contributed by atoms with Crippen LogP contribution in [0.3, 0.4) is 0 Å². The Morgan fingerprint density at radius 3 is 2.46 bits per heavy atom. The lowest BCUT2D eigenvalue weighted by Gasteiger charge is -2.49. The van der Waals surface area contributed by atoms with Gasteiger partial charge in [-0.3, -0.25) is 28.6 Å². The van der Waals surface area contributed by atoms with Gasteiger partial charge in [0.1, 0.15) is 23.7 Å². The summed E-state index contributed by atoms with van der Waals surface area (Å²) in [6.07, 6.45) is -1.28. The predicted octanol–water partition coefficient (Wildman–Crippen LogP) is -0.378. The van der Waals surface area contributed by atoms with E-state index in [0.29, 0.717) is 0 Å². The second-order valence-corrected chi connectivity index (χ2v) is 10.0. The summed E-state index contributed by atoms with van der Waals surface area (Å²) in [5.41, 5.74) is -0.222. The molecule has 0 unspecified atom stereocenters. The standard InChI is InChI=1S/C20H20N2O11S2/c23-13(7-10-3-1-2-4-12(10)35(30,31)32)21-16-18(27)22-17(20(28)29)11(9-34-19(16)22)8-33-15(26)6-5-14(24)25/h1-4,16,19H,5-9H2,(H,21,23)(H,24,25)(H,28,29)(H,30,31,32)/t16-,19-/m1/s1. The van der Waals surface area contributed by atoms with Gasteiger partial charge >= 0.3 is 17.9 Å². The number of thioether (sulfide) groups is 1. The molecule has 0 radical (unpaired) electrons. The van der Waals surface area contributed by atoms with Gasteiger partial charge in [0.2, 0.25) is 5.91 Å². The molecule has 1 fully saturated rings. The minimum atomic E-state index is -4.57. The topological polar surface area (TPSA) is 205 Å². The molecule has 3 rings (SSSR count). The second kappa shape index (κ2) is 10.5. The SMILES string of the molecule is O=C(O)CCC(=O)OCC1=C(C(=O)O)N2C(=O)[C@@H](NC(=O)Cc3ccccc3S(=O)(=O)O)[C@H]2SC1. The maximum Gasteiger partial charge on any atom is 0.352 e. The molecule has 0 aromatic heterocycles. The van der Waals surface area contributed by atoms with Crippen LogP contribution in [0.15, 0.2) is 40.4 Å². The first-order chi connectivity index (χ1) is 16.4. The number of esters is 1. The van der Waals surface area contributed by atoms with E-state index in [4.69, 9.17) is 9.84 Å².